The number of amides is 1. The summed E-state index contributed by atoms with van der Waals surface area (Å²) in [4.78, 5) is 13.3. The highest BCUT2D eigenvalue weighted by Gasteiger charge is 2.31. The van der Waals surface area contributed by atoms with E-state index in [9.17, 15) is 18.0 Å². The smallest absolute Gasteiger partial charge is 0.324 e. The van der Waals surface area contributed by atoms with Crippen molar-refractivity contribution in [3.05, 3.63) is 70.8 Å². The van der Waals surface area contributed by atoms with Crippen molar-refractivity contribution in [1.29, 1.82) is 0 Å². The minimum absolute atomic E-state index is 0.0156. The highest BCUT2D eigenvalue weighted by molar-refractivity contribution is 7.99. The van der Waals surface area contributed by atoms with Gasteiger partial charge in [-0.2, -0.15) is 13.2 Å². The number of benzene rings is 1. The maximum Gasteiger partial charge on any atom is 0.416 e. The Morgan fingerprint density at radius 2 is 1.94 bits per heavy atom. The SMILES string of the molecule is O=C(CSc1nnc(-c2cccs2)n1-n1cccc1)Nc1cc(C(F)(F)F)ccc1Cl. The zero-order chi connectivity index (χ0) is 22.0. The summed E-state index contributed by atoms with van der Waals surface area (Å²) >= 11 is 8.55. The third-order valence-corrected chi connectivity index (χ3v) is 6.19. The Balaban J connectivity index is 1.52. The molecule has 0 saturated heterocycles. The predicted octanol–water partition coefficient (Wildman–Crippen LogP) is 5.52. The van der Waals surface area contributed by atoms with E-state index in [1.165, 1.54) is 11.3 Å². The maximum absolute atomic E-state index is 12.9. The van der Waals surface area contributed by atoms with Crippen molar-refractivity contribution < 1.29 is 18.0 Å². The van der Waals surface area contributed by atoms with E-state index in [1.807, 2.05) is 42.0 Å². The van der Waals surface area contributed by atoms with E-state index in [0.29, 0.717) is 11.0 Å². The molecule has 0 spiro atoms. The molecule has 0 fully saturated rings. The number of carbonyl (C=O) groups excluding carboxylic acids is 1. The average Bonchev–Trinajstić information content (AvgIpc) is 3.47. The van der Waals surface area contributed by atoms with E-state index in [-0.39, 0.29) is 16.5 Å². The number of halogens is 4. The van der Waals surface area contributed by atoms with Crippen LogP contribution in [0, 0.1) is 0 Å². The third-order valence-electron chi connectivity index (χ3n) is 4.07. The second kappa shape index (κ2) is 8.77. The fourth-order valence-corrected chi connectivity index (χ4v) is 4.29. The molecule has 1 aromatic carbocycles. The lowest BCUT2D eigenvalue weighted by Gasteiger charge is -2.12. The van der Waals surface area contributed by atoms with E-state index in [4.69, 9.17) is 11.6 Å². The first-order valence-electron chi connectivity index (χ1n) is 8.75. The van der Waals surface area contributed by atoms with E-state index < -0.39 is 17.6 Å². The minimum atomic E-state index is -4.54. The molecule has 12 heteroatoms. The standard InChI is InChI=1S/C19H13ClF3N5OS2/c20-13-6-5-12(19(21,22)23)10-14(13)24-16(29)11-31-18-26-25-17(15-4-3-9-30-15)28(18)27-7-1-2-8-27/h1-10H,11H2,(H,24,29). The number of nitrogens with one attached hydrogen (secondary N) is 1. The highest BCUT2D eigenvalue weighted by Crippen LogP contribution is 2.34. The number of alkyl halides is 3. The Labute approximate surface area is 187 Å². The molecule has 0 aliphatic heterocycles. The summed E-state index contributed by atoms with van der Waals surface area (Å²) in [5.41, 5.74) is -0.999. The second-order valence-corrected chi connectivity index (χ2v) is 8.48. The summed E-state index contributed by atoms with van der Waals surface area (Å²) < 4.78 is 42.3. The Morgan fingerprint density at radius 1 is 1.16 bits per heavy atom. The van der Waals surface area contributed by atoms with Gasteiger partial charge in [0.05, 0.1) is 26.9 Å². The van der Waals surface area contributed by atoms with Crippen LogP contribution in [-0.4, -0.2) is 31.2 Å². The van der Waals surface area contributed by atoms with Crippen molar-refractivity contribution in [2.24, 2.45) is 0 Å². The first kappa shape index (κ1) is 21.5. The van der Waals surface area contributed by atoms with Crippen LogP contribution in [0.2, 0.25) is 5.02 Å². The van der Waals surface area contributed by atoms with Gasteiger partial charge < -0.3 is 5.32 Å². The van der Waals surface area contributed by atoms with Crippen molar-refractivity contribution in [2.75, 3.05) is 11.1 Å². The molecule has 0 bridgehead atoms. The van der Waals surface area contributed by atoms with Gasteiger partial charge >= 0.3 is 6.18 Å². The van der Waals surface area contributed by atoms with Gasteiger partial charge in [0.2, 0.25) is 11.1 Å². The molecule has 160 valence electrons. The summed E-state index contributed by atoms with van der Waals surface area (Å²) in [6.07, 6.45) is -0.912. The maximum atomic E-state index is 12.9. The number of rotatable bonds is 6. The molecule has 3 aromatic heterocycles. The molecular formula is C19H13ClF3N5OS2. The monoisotopic (exact) mass is 483 g/mol. The lowest BCUT2D eigenvalue weighted by atomic mass is 10.2. The van der Waals surface area contributed by atoms with Crippen molar-refractivity contribution in [3.8, 4) is 10.7 Å². The van der Waals surface area contributed by atoms with Crippen LogP contribution < -0.4 is 5.32 Å². The molecule has 3 heterocycles. The number of thiophene rings is 1. The molecule has 0 aliphatic carbocycles. The van der Waals surface area contributed by atoms with Gasteiger partial charge in [-0.3, -0.25) is 9.47 Å². The highest BCUT2D eigenvalue weighted by atomic mass is 35.5. The van der Waals surface area contributed by atoms with Crippen LogP contribution >= 0.6 is 34.7 Å². The van der Waals surface area contributed by atoms with Crippen molar-refractivity contribution >= 4 is 46.3 Å². The summed E-state index contributed by atoms with van der Waals surface area (Å²) in [5.74, 6) is -0.0165. The van der Waals surface area contributed by atoms with E-state index in [0.717, 1.165) is 34.8 Å². The second-order valence-electron chi connectivity index (χ2n) is 6.19. The molecule has 0 radical (unpaired) electrons. The van der Waals surface area contributed by atoms with Crippen LogP contribution in [0.15, 0.2) is 65.4 Å². The van der Waals surface area contributed by atoms with Crippen LogP contribution in [0.4, 0.5) is 18.9 Å². The number of anilines is 1. The topological polar surface area (TPSA) is 64.7 Å². The summed E-state index contributed by atoms with van der Waals surface area (Å²) in [7, 11) is 0. The summed E-state index contributed by atoms with van der Waals surface area (Å²) in [5, 5.41) is 13.2. The first-order valence-corrected chi connectivity index (χ1v) is 11.0. The molecule has 31 heavy (non-hydrogen) atoms. The van der Waals surface area contributed by atoms with Gasteiger partial charge in [-0.15, -0.1) is 21.5 Å². The predicted molar refractivity (Wildman–Crippen MR) is 114 cm³/mol. The lowest BCUT2D eigenvalue weighted by molar-refractivity contribution is -0.137. The number of hydrogen-bond acceptors (Lipinski definition) is 5. The number of carbonyl (C=O) groups is 1. The summed E-state index contributed by atoms with van der Waals surface area (Å²) in [6.45, 7) is 0. The Bertz CT molecular complexity index is 1190. The minimum Gasteiger partial charge on any atom is -0.324 e. The van der Waals surface area contributed by atoms with Gasteiger partial charge in [0.1, 0.15) is 0 Å². The van der Waals surface area contributed by atoms with E-state index >= 15 is 0 Å². The van der Waals surface area contributed by atoms with E-state index in [1.54, 1.807) is 9.35 Å². The Hall–Kier alpha value is -2.76. The van der Waals surface area contributed by atoms with Crippen LogP contribution in [0.3, 0.4) is 0 Å². The average molecular weight is 484 g/mol. The van der Waals surface area contributed by atoms with Gasteiger partial charge in [0.15, 0.2) is 5.82 Å². The Kier molecular flexibility index (Phi) is 6.08. The van der Waals surface area contributed by atoms with Crippen LogP contribution in [-0.2, 0) is 11.0 Å². The molecule has 0 aliphatic rings. The van der Waals surface area contributed by atoms with Crippen molar-refractivity contribution in [3.63, 3.8) is 0 Å². The Morgan fingerprint density at radius 3 is 2.61 bits per heavy atom. The van der Waals surface area contributed by atoms with Crippen LogP contribution in [0.1, 0.15) is 5.56 Å². The molecule has 1 amide bonds. The van der Waals surface area contributed by atoms with Crippen molar-refractivity contribution in [1.82, 2.24) is 19.5 Å². The number of thioether (sulfide) groups is 1. The zero-order valence-corrected chi connectivity index (χ0v) is 17.9. The number of nitrogens with zero attached hydrogens (tertiary/aromatic N) is 4. The van der Waals surface area contributed by atoms with E-state index in [2.05, 4.69) is 15.5 Å². The molecule has 0 saturated carbocycles. The fraction of sp³-hybridized carbons (Fsp3) is 0.105. The van der Waals surface area contributed by atoms with Gasteiger partial charge in [0.25, 0.3) is 0 Å². The summed E-state index contributed by atoms with van der Waals surface area (Å²) in [6, 6.07) is 10.3. The molecule has 1 N–H and O–H groups in total. The number of aromatic nitrogens is 4. The zero-order valence-electron chi connectivity index (χ0n) is 15.5. The van der Waals surface area contributed by atoms with Gasteiger partial charge in [0, 0.05) is 12.4 Å². The number of hydrogen-bond donors (Lipinski definition) is 1. The normalized spacial score (nSPS) is 11.6. The largest absolute Gasteiger partial charge is 0.416 e. The molecule has 6 nitrogen and oxygen atoms in total. The van der Waals surface area contributed by atoms with Gasteiger partial charge in [-0.1, -0.05) is 29.4 Å². The van der Waals surface area contributed by atoms with Crippen molar-refractivity contribution in [2.45, 2.75) is 11.3 Å². The third kappa shape index (κ3) is 4.78. The van der Waals surface area contributed by atoms with Crippen LogP contribution in [0.25, 0.3) is 10.7 Å². The fourth-order valence-electron chi connectivity index (χ4n) is 2.70. The quantitative estimate of drug-likeness (QED) is 0.367. The van der Waals surface area contributed by atoms with Gasteiger partial charge in [-0.05, 0) is 41.8 Å². The molecule has 4 aromatic rings. The van der Waals surface area contributed by atoms with Crippen LogP contribution in [0.5, 0.6) is 0 Å². The molecular weight excluding hydrogens is 471 g/mol. The van der Waals surface area contributed by atoms with Gasteiger partial charge in [-0.25, -0.2) is 4.68 Å². The lowest BCUT2D eigenvalue weighted by Crippen LogP contribution is -2.16. The molecule has 4 rings (SSSR count). The molecule has 0 unspecified atom stereocenters. The first-order chi connectivity index (χ1) is 14.8. The molecule has 0 atom stereocenters.